The van der Waals surface area contributed by atoms with Crippen molar-refractivity contribution < 1.29 is 9.59 Å². The first-order chi connectivity index (χ1) is 10.4. The maximum absolute atomic E-state index is 12.7. The molecule has 3 amide bonds. The molecule has 6 heteroatoms. The summed E-state index contributed by atoms with van der Waals surface area (Å²) in [5.74, 6) is -0.0895. The molecule has 1 aromatic rings. The summed E-state index contributed by atoms with van der Waals surface area (Å²) in [5.41, 5.74) is 0.370. The Morgan fingerprint density at radius 1 is 1.32 bits per heavy atom. The van der Waals surface area contributed by atoms with E-state index < -0.39 is 5.54 Å². The molecule has 2 fully saturated rings. The Bertz CT molecular complexity index is 589. The van der Waals surface area contributed by atoms with Crippen molar-refractivity contribution in [1.82, 2.24) is 20.1 Å². The summed E-state index contributed by atoms with van der Waals surface area (Å²) < 4.78 is 0. The van der Waals surface area contributed by atoms with Gasteiger partial charge in [-0.2, -0.15) is 0 Å². The number of hydrogen-bond acceptors (Lipinski definition) is 4. The van der Waals surface area contributed by atoms with Crippen molar-refractivity contribution in [3.63, 3.8) is 0 Å². The topological polar surface area (TPSA) is 65.5 Å². The van der Waals surface area contributed by atoms with E-state index in [1.807, 2.05) is 32.2 Å². The van der Waals surface area contributed by atoms with Gasteiger partial charge in [-0.3, -0.25) is 19.6 Å². The molecule has 1 N–H and O–H groups in total. The first kappa shape index (κ1) is 15.0. The maximum atomic E-state index is 12.7. The van der Waals surface area contributed by atoms with E-state index in [0.717, 1.165) is 12.1 Å². The fraction of sp³-hybridized carbons (Fsp3) is 0.562. The minimum atomic E-state index is -0.752. The zero-order chi connectivity index (χ0) is 15.9. The first-order valence-corrected chi connectivity index (χ1v) is 7.74. The Morgan fingerprint density at radius 3 is 2.68 bits per heavy atom. The van der Waals surface area contributed by atoms with Crippen LogP contribution in [0.5, 0.6) is 0 Å². The van der Waals surface area contributed by atoms with Gasteiger partial charge >= 0.3 is 6.03 Å². The number of rotatable bonds is 3. The highest BCUT2D eigenvalue weighted by Crippen LogP contribution is 2.34. The zero-order valence-corrected chi connectivity index (χ0v) is 13.2. The van der Waals surface area contributed by atoms with Crippen LogP contribution in [0.4, 0.5) is 4.79 Å². The molecule has 3 heterocycles. The number of aromatic nitrogens is 1. The van der Waals surface area contributed by atoms with Crippen molar-refractivity contribution in [2.45, 2.75) is 44.8 Å². The van der Waals surface area contributed by atoms with E-state index in [4.69, 9.17) is 0 Å². The standard InChI is InChI=1S/C16H22N4O2/c1-11(2)20-14(21)16(18-15(20)22)6-8-19(10-16)12(3)13-5-4-7-17-9-13/h4-5,7,9,11-12H,6,8,10H2,1-3H3,(H,18,22)/t12-,16+/m1/s1. The number of nitrogens with one attached hydrogen (secondary N) is 1. The summed E-state index contributed by atoms with van der Waals surface area (Å²) in [6.07, 6.45) is 4.26. The SMILES string of the molecule is CC(C)N1C(=O)N[C@]2(CCN([C@H](C)c3cccnc3)C2)C1=O. The molecule has 0 radical (unpaired) electrons. The number of amides is 3. The summed E-state index contributed by atoms with van der Waals surface area (Å²) in [6.45, 7) is 7.17. The number of hydrogen-bond donors (Lipinski definition) is 1. The van der Waals surface area contributed by atoms with Crippen molar-refractivity contribution in [3.8, 4) is 0 Å². The van der Waals surface area contributed by atoms with Crippen molar-refractivity contribution in [3.05, 3.63) is 30.1 Å². The lowest BCUT2D eigenvalue weighted by Crippen LogP contribution is -2.49. The molecule has 2 aliphatic rings. The number of carbonyl (C=O) groups is 2. The van der Waals surface area contributed by atoms with Gasteiger partial charge in [-0.25, -0.2) is 4.79 Å². The zero-order valence-electron chi connectivity index (χ0n) is 13.2. The highest BCUT2D eigenvalue weighted by Gasteiger charge is 2.55. The molecule has 6 nitrogen and oxygen atoms in total. The van der Waals surface area contributed by atoms with Crippen molar-refractivity contribution in [1.29, 1.82) is 0 Å². The molecule has 1 aromatic heterocycles. The normalized spacial score (nSPS) is 27.0. The van der Waals surface area contributed by atoms with E-state index in [9.17, 15) is 9.59 Å². The molecule has 0 saturated carbocycles. The molecular formula is C16H22N4O2. The van der Waals surface area contributed by atoms with E-state index in [2.05, 4.69) is 22.1 Å². The molecular weight excluding hydrogens is 280 g/mol. The molecule has 2 saturated heterocycles. The predicted octanol–water partition coefficient (Wildman–Crippen LogP) is 1.55. The van der Waals surface area contributed by atoms with Gasteiger partial charge in [0.15, 0.2) is 0 Å². The number of carbonyl (C=O) groups excluding carboxylic acids is 2. The fourth-order valence-corrected chi connectivity index (χ4v) is 3.39. The van der Waals surface area contributed by atoms with Crippen LogP contribution in [-0.2, 0) is 4.79 Å². The highest BCUT2D eigenvalue weighted by molar-refractivity contribution is 6.07. The molecule has 22 heavy (non-hydrogen) atoms. The molecule has 1 spiro atoms. The van der Waals surface area contributed by atoms with Gasteiger partial charge in [0.2, 0.25) is 0 Å². The van der Waals surface area contributed by atoms with E-state index >= 15 is 0 Å². The van der Waals surface area contributed by atoms with Crippen molar-refractivity contribution >= 4 is 11.9 Å². The number of imide groups is 1. The van der Waals surface area contributed by atoms with E-state index in [0.29, 0.717) is 13.0 Å². The second-order valence-electron chi connectivity index (χ2n) is 6.46. The largest absolute Gasteiger partial charge is 0.325 e. The van der Waals surface area contributed by atoms with Gasteiger partial charge in [0.25, 0.3) is 5.91 Å². The van der Waals surface area contributed by atoms with Crippen LogP contribution >= 0.6 is 0 Å². The fourth-order valence-electron chi connectivity index (χ4n) is 3.39. The molecule has 0 aliphatic carbocycles. The molecule has 118 valence electrons. The molecule has 0 unspecified atom stereocenters. The Balaban J connectivity index is 1.78. The lowest BCUT2D eigenvalue weighted by Gasteiger charge is -2.27. The lowest BCUT2D eigenvalue weighted by atomic mass is 9.98. The third-order valence-corrected chi connectivity index (χ3v) is 4.72. The maximum Gasteiger partial charge on any atom is 0.325 e. The summed E-state index contributed by atoms with van der Waals surface area (Å²) >= 11 is 0. The minimum Gasteiger partial charge on any atom is -0.322 e. The van der Waals surface area contributed by atoms with Crippen molar-refractivity contribution in [2.24, 2.45) is 0 Å². The van der Waals surface area contributed by atoms with E-state index in [-0.39, 0.29) is 24.0 Å². The van der Waals surface area contributed by atoms with E-state index in [1.165, 1.54) is 4.90 Å². The lowest BCUT2D eigenvalue weighted by molar-refractivity contribution is -0.132. The van der Waals surface area contributed by atoms with Crippen LogP contribution in [0.2, 0.25) is 0 Å². The molecule has 2 atom stereocenters. The molecule has 3 rings (SSSR count). The van der Waals surface area contributed by atoms with Crippen LogP contribution < -0.4 is 5.32 Å². The van der Waals surface area contributed by atoms with Crippen molar-refractivity contribution in [2.75, 3.05) is 13.1 Å². The van der Waals surface area contributed by atoms with Crippen LogP contribution in [0.25, 0.3) is 0 Å². The third-order valence-electron chi connectivity index (χ3n) is 4.72. The van der Waals surface area contributed by atoms with Gasteiger partial charge in [0.1, 0.15) is 5.54 Å². The molecule has 0 bridgehead atoms. The van der Waals surface area contributed by atoms with Crippen LogP contribution in [0, 0.1) is 0 Å². The third kappa shape index (κ3) is 2.27. The Hall–Kier alpha value is -1.95. The van der Waals surface area contributed by atoms with Gasteiger partial charge in [-0.15, -0.1) is 0 Å². The van der Waals surface area contributed by atoms with Crippen LogP contribution in [0.1, 0.15) is 38.8 Å². The van der Waals surface area contributed by atoms with Gasteiger partial charge < -0.3 is 5.32 Å². The molecule has 0 aromatic carbocycles. The average molecular weight is 302 g/mol. The Kier molecular flexibility index (Phi) is 3.64. The summed E-state index contributed by atoms with van der Waals surface area (Å²) in [6, 6.07) is 3.75. The summed E-state index contributed by atoms with van der Waals surface area (Å²) in [4.78, 5) is 32.5. The number of pyridine rings is 1. The quantitative estimate of drug-likeness (QED) is 0.860. The predicted molar refractivity (Wildman–Crippen MR) is 82.1 cm³/mol. The Morgan fingerprint density at radius 2 is 2.09 bits per heavy atom. The van der Waals surface area contributed by atoms with E-state index in [1.54, 1.807) is 6.20 Å². The number of nitrogens with zero attached hydrogens (tertiary/aromatic N) is 3. The highest BCUT2D eigenvalue weighted by atomic mass is 16.2. The minimum absolute atomic E-state index is 0.0895. The van der Waals surface area contributed by atoms with Gasteiger partial charge in [-0.1, -0.05) is 6.07 Å². The number of urea groups is 1. The average Bonchev–Trinajstić information content (AvgIpc) is 3.02. The smallest absolute Gasteiger partial charge is 0.322 e. The second kappa shape index (κ2) is 5.35. The van der Waals surface area contributed by atoms with Gasteiger partial charge in [-0.05, 0) is 38.8 Å². The summed E-state index contributed by atoms with van der Waals surface area (Å²) in [5, 5.41) is 2.93. The molecule has 2 aliphatic heterocycles. The van der Waals surface area contributed by atoms with Gasteiger partial charge in [0, 0.05) is 37.6 Å². The van der Waals surface area contributed by atoms with Crippen LogP contribution in [0.3, 0.4) is 0 Å². The second-order valence-corrected chi connectivity index (χ2v) is 6.46. The van der Waals surface area contributed by atoms with Gasteiger partial charge in [0.05, 0.1) is 0 Å². The first-order valence-electron chi connectivity index (χ1n) is 7.74. The Labute approximate surface area is 130 Å². The monoisotopic (exact) mass is 302 g/mol. The number of likely N-dealkylation sites (tertiary alicyclic amines) is 1. The van der Waals surface area contributed by atoms with Crippen LogP contribution in [0.15, 0.2) is 24.5 Å². The van der Waals surface area contributed by atoms with Crippen LogP contribution in [-0.4, -0.2) is 51.4 Å². The summed E-state index contributed by atoms with van der Waals surface area (Å²) in [7, 11) is 0.